The molecule has 0 aromatic heterocycles. The van der Waals surface area contributed by atoms with Crippen molar-refractivity contribution in [3.8, 4) is 5.75 Å². The van der Waals surface area contributed by atoms with E-state index in [1.165, 1.54) is 30.5 Å². The Morgan fingerprint density at radius 1 is 1.10 bits per heavy atom. The minimum Gasteiger partial charge on any atom is -0.494 e. The summed E-state index contributed by atoms with van der Waals surface area (Å²) in [7, 11) is -3.74. The van der Waals surface area contributed by atoms with Gasteiger partial charge in [0.25, 0.3) is 5.91 Å². The van der Waals surface area contributed by atoms with Gasteiger partial charge in [0, 0.05) is 13.1 Å². The summed E-state index contributed by atoms with van der Waals surface area (Å²) in [6.07, 6.45) is 7.47. The number of sulfonamides is 1. The van der Waals surface area contributed by atoms with Crippen molar-refractivity contribution in [3.63, 3.8) is 0 Å². The normalized spacial score (nSPS) is 14.0. The maximum absolute atomic E-state index is 12.2. The Balaban J connectivity index is 1.62. The van der Waals surface area contributed by atoms with Crippen molar-refractivity contribution in [3.05, 3.63) is 35.9 Å². The third-order valence-electron chi connectivity index (χ3n) is 4.58. The molecule has 30 heavy (non-hydrogen) atoms. The first-order chi connectivity index (χ1) is 14.4. The Hall–Kier alpha value is -2.39. The molecular formula is C21H30N2O6S. The average molecular weight is 439 g/mol. The lowest BCUT2D eigenvalue weighted by Gasteiger charge is -2.13. The van der Waals surface area contributed by atoms with Gasteiger partial charge in [0.2, 0.25) is 10.0 Å². The molecule has 2 N–H and O–H groups in total. The zero-order valence-corrected chi connectivity index (χ0v) is 18.1. The molecule has 0 spiro atoms. The fourth-order valence-electron chi connectivity index (χ4n) is 3.02. The zero-order chi connectivity index (χ0) is 21.8. The third-order valence-corrected chi connectivity index (χ3v) is 6.06. The molecule has 0 aliphatic heterocycles. The molecule has 8 nitrogen and oxygen atoms in total. The molecule has 1 aromatic carbocycles. The van der Waals surface area contributed by atoms with Crippen molar-refractivity contribution in [2.75, 3.05) is 26.3 Å². The first-order valence-corrected chi connectivity index (χ1v) is 11.7. The summed E-state index contributed by atoms with van der Waals surface area (Å²) in [5.41, 5.74) is 1.36. The van der Waals surface area contributed by atoms with Crippen LogP contribution in [0.3, 0.4) is 0 Å². The maximum atomic E-state index is 12.2. The van der Waals surface area contributed by atoms with E-state index in [1.807, 2.05) is 6.92 Å². The summed E-state index contributed by atoms with van der Waals surface area (Å²) in [4.78, 5) is 23.6. The highest BCUT2D eigenvalue weighted by atomic mass is 32.2. The monoisotopic (exact) mass is 438 g/mol. The van der Waals surface area contributed by atoms with Crippen LogP contribution in [-0.4, -0.2) is 46.6 Å². The molecule has 0 saturated heterocycles. The van der Waals surface area contributed by atoms with Gasteiger partial charge in [-0.15, -0.1) is 0 Å². The Kier molecular flexibility index (Phi) is 9.82. The zero-order valence-electron chi connectivity index (χ0n) is 17.3. The number of hydrogen-bond donors (Lipinski definition) is 2. The number of nitrogens with one attached hydrogen (secondary N) is 2. The molecule has 0 atom stereocenters. The van der Waals surface area contributed by atoms with Crippen molar-refractivity contribution >= 4 is 21.9 Å². The van der Waals surface area contributed by atoms with E-state index in [0.29, 0.717) is 18.9 Å². The average Bonchev–Trinajstić information content (AvgIpc) is 2.73. The molecular weight excluding hydrogens is 408 g/mol. The summed E-state index contributed by atoms with van der Waals surface area (Å²) in [6.45, 7) is 2.35. The fourth-order valence-corrected chi connectivity index (χ4v) is 4.05. The summed E-state index contributed by atoms with van der Waals surface area (Å²) >= 11 is 0. The van der Waals surface area contributed by atoms with Crippen LogP contribution in [-0.2, 0) is 24.3 Å². The predicted molar refractivity (Wildman–Crippen MR) is 113 cm³/mol. The van der Waals surface area contributed by atoms with Gasteiger partial charge >= 0.3 is 5.97 Å². The predicted octanol–water partition coefficient (Wildman–Crippen LogP) is 2.30. The van der Waals surface area contributed by atoms with E-state index in [-0.39, 0.29) is 30.4 Å². The van der Waals surface area contributed by atoms with E-state index in [9.17, 15) is 18.0 Å². The largest absolute Gasteiger partial charge is 0.494 e. The molecule has 2 rings (SSSR count). The number of hydrogen-bond acceptors (Lipinski definition) is 6. The number of esters is 1. The molecule has 0 fully saturated rings. The van der Waals surface area contributed by atoms with Crippen molar-refractivity contribution in [1.29, 1.82) is 0 Å². The van der Waals surface area contributed by atoms with E-state index in [2.05, 4.69) is 16.1 Å². The van der Waals surface area contributed by atoms with Crippen molar-refractivity contribution in [2.24, 2.45) is 0 Å². The highest BCUT2D eigenvalue weighted by Crippen LogP contribution is 2.19. The van der Waals surface area contributed by atoms with Crippen LogP contribution in [0.1, 0.15) is 45.4 Å². The first kappa shape index (κ1) is 23.9. The number of ether oxygens (including phenoxy) is 2. The van der Waals surface area contributed by atoms with Crippen LogP contribution in [0.15, 0.2) is 40.8 Å². The minimum atomic E-state index is -3.74. The lowest BCUT2D eigenvalue weighted by molar-refractivity contribution is -0.148. The third kappa shape index (κ3) is 8.54. The number of rotatable bonds is 12. The second-order valence-corrected chi connectivity index (χ2v) is 8.69. The number of carbonyl (C=O) groups is 2. The van der Waals surface area contributed by atoms with Gasteiger partial charge < -0.3 is 14.8 Å². The van der Waals surface area contributed by atoms with Crippen LogP contribution >= 0.6 is 0 Å². The highest BCUT2D eigenvalue weighted by Gasteiger charge is 2.15. The second-order valence-electron chi connectivity index (χ2n) is 6.92. The van der Waals surface area contributed by atoms with Crippen molar-refractivity contribution < 1.29 is 27.5 Å². The summed E-state index contributed by atoms with van der Waals surface area (Å²) in [5, 5.41) is 2.72. The van der Waals surface area contributed by atoms with Crippen LogP contribution in [0, 0.1) is 0 Å². The summed E-state index contributed by atoms with van der Waals surface area (Å²) in [5.74, 6) is -0.432. The van der Waals surface area contributed by atoms with Gasteiger partial charge in [-0.05, 0) is 63.3 Å². The molecule has 0 bridgehead atoms. The second kappa shape index (κ2) is 12.3. The summed E-state index contributed by atoms with van der Waals surface area (Å²) < 4.78 is 37.0. The molecule has 0 unspecified atom stereocenters. The van der Waals surface area contributed by atoms with E-state index >= 15 is 0 Å². The van der Waals surface area contributed by atoms with Gasteiger partial charge in [-0.2, -0.15) is 0 Å². The number of benzene rings is 1. The number of allylic oxidation sites excluding steroid dienone is 1. The van der Waals surface area contributed by atoms with E-state index in [4.69, 9.17) is 9.47 Å². The van der Waals surface area contributed by atoms with Gasteiger partial charge in [-0.25, -0.2) is 13.1 Å². The maximum Gasteiger partial charge on any atom is 0.307 e. The Bertz CT molecular complexity index is 834. The lowest BCUT2D eigenvalue weighted by atomic mass is 9.97. The number of amides is 1. The van der Waals surface area contributed by atoms with Gasteiger partial charge in [0.05, 0.1) is 17.9 Å². The van der Waals surface area contributed by atoms with Crippen LogP contribution in [0.5, 0.6) is 5.75 Å². The van der Waals surface area contributed by atoms with Crippen molar-refractivity contribution in [2.45, 2.75) is 50.3 Å². The van der Waals surface area contributed by atoms with Gasteiger partial charge in [0.1, 0.15) is 5.75 Å². The fraction of sp³-hybridized carbons (Fsp3) is 0.524. The molecule has 166 valence electrons. The minimum absolute atomic E-state index is 0.0757. The Labute approximate surface area is 178 Å². The molecule has 1 aromatic rings. The van der Waals surface area contributed by atoms with E-state index in [0.717, 1.165) is 19.3 Å². The first-order valence-electron chi connectivity index (χ1n) is 10.2. The Morgan fingerprint density at radius 3 is 2.53 bits per heavy atom. The summed E-state index contributed by atoms with van der Waals surface area (Å²) in [6, 6.07) is 5.99. The molecule has 0 heterocycles. The quantitative estimate of drug-likeness (QED) is 0.383. The lowest BCUT2D eigenvalue weighted by Crippen LogP contribution is -2.31. The SMILES string of the molecule is CCOc1ccc(S(=O)(=O)NCCC(=O)OCC(=O)NCCC2=CCCCC2)cc1. The van der Waals surface area contributed by atoms with Crippen LogP contribution in [0.2, 0.25) is 0 Å². The smallest absolute Gasteiger partial charge is 0.307 e. The molecule has 1 aliphatic carbocycles. The van der Waals surface area contributed by atoms with Gasteiger partial charge in [-0.1, -0.05) is 11.6 Å². The highest BCUT2D eigenvalue weighted by molar-refractivity contribution is 7.89. The topological polar surface area (TPSA) is 111 Å². The molecule has 1 amide bonds. The standard InChI is InChI=1S/C21H30N2O6S/c1-2-28-18-8-10-19(11-9-18)30(26,27)23-15-13-21(25)29-16-20(24)22-14-12-17-6-4-3-5-7-17/h6,8-11,23H,2-5,7,12-16H2,1H3,(H,22,24). The molecule has 0 radical (unpaired) electrons. The molecule has 1 aliphatic rings. The van der Waals surface area contributed by atoms with Gasteiger partial charge in [-0.3, -0.25) is 9.59 Å². The van der Waals surface area contributed by atoms with Gasteiger partial charge in [0.15, 0.2) is 6.61 Å². The number of carbonyl (C=O) groups excluding carboxylic acids is 2. The van der Waals surface area contributed by atoms with E-state index in [1.54, 1.807) is 12.1 Å². The van der Waals surface area contributed by atoms with Crippen LogP contribution in [0.4, 0.5) is 0 Å². The van der Waals surface area contributed by atoms with E-state index < -0.39 is 16.0 Å². The van der Waals surface area contributed by atoms with Crippen LogP contribution in [0.25, 0.3) is 0 Å². The van der Waals surface area contributed by atoms with Crippen molar-refractivity contribution in [1.82, 2.24) is 10.0 Å². The van der Waals surface area contributed by atoms with Crippen LogP contribution < -0.4 is 14.8 Å². The molecule has 0 saturated carbocycles. The molecule has 9 heteroatoms. The Morgan fingerprint density at radius 2 is 1.87 bits per heavy atom.